The van der Waals surface area contributed by atoms with Crippen molar-refractivity contribution in [3.05, 3.63) is 71.5 Å². The summed E-state index contributed by atoms with van der Waals surface area (Å²) < 4.78 is 39.7. The second kappa shape index (κ2) is 6.93. The Labute approximate surface area is 145 Å². The normalized spacial score (nSPS) is 19.8. The Kier molecular flexibility index (Phi) is 4.87. The average molecular weight is 363 g/mol. The Morgan fingerprint density at radius 3 is 2.36 bits per heavy atom. The first-order valence-electron chi connectivity index (χ1n) is 7.88. The molecule has 132 valence electrons. The molecule has 0 spiro atoms. The summed E-state index contributed by atoms with van der Waals surface area (Å²) in [5, 5.41) is 8.47. The maximum Gasteiger partial charge on any atom is 0.318 e. The fraction of sp³-hybridized carbons (Fsp3) is 0.278. The largest absolute Gasteiger partial charge is 0.480 e. The standard InChI is InChI=1S/C18H18FNO4S/c19-15-8-6-13(7-9-15)11-20(12-18(21)22)25(23,24)17-10-16(17)14-4-2-1-3-5-14/h1-9,16-17H,10-12H2,(H,21,22). The van der Waals surface area contributed by atoms with Gasteiger partial charge in [-0.15, -0.1) is 0 Å². The third kappa shape index (κ3) is 4.05. The minimum absolute atomic E-state index is 0.0904. The minimum atomic E-state index is -3.77. The summed E-state index contributed by atoms with van der Waals surface area (Å²) in [5.74, 6) is -1.76. The van der Waals surface area contributed by atoms with Crippen LogP contribution < -0.4 is 0 Å². The molecule has 2 aromatic carbocycles. The van der Waals surface area contributed by atoms with Crippen molar-refractivity contribution in [1.82, 2.24) is 4.31 Å². The molecule has 0 saturated heterocycles. The lowest BCUT2D eigenvalue weighted by Crippen LogP contribution is -2.37. The summed E-state index contributed by atoms with van der Waals surface area (Å²) >= 11 is 0. The summed E-state index contributed by atoms with van der Waals surface area (Å²) in [4.78, 5) is 11.1. The van der Waals surface area contributed by atoms with Gasteiger partial charge >= 0.3 is 5.97 Å². The zero-order valence-corrected chi connectivity index (χ0v) is 14.2. The Morgan fingerprint density at radius 1 is 1.12 bits per heavy atom. The number of halogens is 1. The van der Waals surface area contributed by atoms with E-state index in [-0.39, 0.29) is 12.5 Å². The lowest BCUT2D eigenvalue weighted by atomic mass is 10.1. The van der Waals surface area contributed by atoms with Crippen LogP contribution in [0.5, 0.6) is 0 Å². The Hall–Kier alpha value is -2.25. The zero-order valence-electron chi connectivity index (χ0n) is 13.4. The predicted molar refractivity (Wildman–Crippen MR) is 91.0 cm³/mol. The highest BCUT2D eigenvalue weighted by atomic mass is 32.2. The quantitative estimate of drug-likeness (QED) is 0.821. The van der Waals surface area contributed by atoms with Gasteiger partial charge in [0.15, 0.2) is 0 Å². The lowest BCUT2D eigenvalue weighted by Gasteiger charge is -2.20. The third-order valence-electron chi connectivity index (χ3n) is 4.29. The maximum absolute atomic E-state index is 13.0. The summed E-state index contributed by atoms with van der Waals surface area (Å²) in [6.07, 6.45) is 0.478. The number of carboxylic acids is 1. The topological polar surface area (TPSA) is 74.7 Å². The van der Waals surface area contributed by atoms with Gasteiger partial charge in [-0.05, 0) is 29.7 Å². The molecule has 1 N–H and O–H groups in total. The van der Waals surface area contributed by atoms with E-state index in [1.54, 1.807) is 0 Å². The van der Waals surface area contributed by atoms with Crippen molar-refractivity contribution in [2.24, 2.45) is 0 Å². The second-order valence-electron chi connectivity index (χ2n) is 6.12. The molecular weight excluding hydrogens is 345 g/mol. The number of hydrogen-bond acceptors (Lipinski definition) is 3. The van der Waals surface area contributed by atoms with Gasteiger partial charge in [0.05, 0.1) is 5.25 Å². The van der Waals surface area contributed by atoms with Gasteiger partial charge in [-0.1, -0.05) is 42.5 Å². The van der Waals surface area contributed by atoms with Gasteiger partial charge in [-0.25, -0.2) is 12.8 Å². The van der Waals surface area contributed by atoms with Crippen molar-refractivity contribution in [3.63, 3.8) is 0 Å². The molecule has 2 unspecified atom stereocenters. The number of benzene rings is 2. The van der Waals surface area contributed by atoms with Crippen molar-refractivity contribution in [1.29, 1.82) is 0 Å². The molecule has 7 heteroatoms. The third-order valence-corrected chi connectivity index (χ3v) is 6.55. The van der Waals surface area contributed by atoms with Crippen LogP contribution in [-0.4, -0.2) is 35.6 Å². The van der Waals surface area contributed by atoms with E-state index in [2.05, 4.69) is 0 Å². The van der Waals surface area contributed by atoms with Crippen LogP contribution >= 0.6 is 0 Å². The number of carbonyl (C=O) groups is 1. The fourth-order valence-corrected chi connectivity index (χ4v) is 4.95. The van der Waals surface area contributed by atoms with Crippen molar-refractivity contribution < 1.29 is 22.7 Å². The molecule has 0 aliphatic heterocycles. The molecule has 0 amide bonds. The molecule has 2 atom stereocenters. The highest BCUT2D eigenvalue weighted by Gasteiger charge is 2.50. The van der Waals surface area contributed by atoms with Crippen molar-refractivity contribution in [3.8, 4) is 0 Å². The van der Waals surface area contributed by atoms with E-state index >= 15 is 0 Å². The number of hydrogen-bond donors (Lipinski definition) is 1. The summed E-state index contributed by atoms with van der Waals surface area (Å²) in [5.41, 5.74) is 1.48. The van der Waals surface area contributed by atoms with E-state index < -0.39 is 33.6 Å². The first-order chi connectivity index (χ1) is 11.9. The molecule has 1 aliphatic rings. The summed E-state index contributed by atoms with van der Waals surface area (Å²) in [6.45, 7) is -0.704. The summed E-state index contributed by atoms with van der Waals surface area (Å²) in [6, 6.07) is 14.7. The van der Waals surface area contributed by atoms with Gasteiger partial charge in [0.1, 0.15) is 12.4 Å². The minimum Gasteiger partial charge on any atom is -0.480 e. The second-order valence-corrected chi connectivity index (χ2v) is 8.28. The van der Waals surface area contributed by atoms with Gasteiger partial charge in [-0.3, -0.25) is 4.79 Å². The first-order valence-corrected chi connectivity index (χ1v) is 9.38. The first kappa shape index (κ1) is 17.6. The predicted octanol–water partition coefficient (Wildman–Crippen LogP) is 2.60. The average Bonchev–Trinajstić information content (AvgIpc) is 3.38. The molecule has 0 heterocycles. The van der Waals surface area contributed by atoms with Gasteiger partial charge in [0.2, 0.25) is 10.0 Å². The number of sulfonamides is 1. The van der Waals surface area contributed by atoms with Crippen LogP contribution in [0.1, 0.15) is 23.5 Å². The smallest absolute Gasteiger partial charge is 0.318 e. The van der Waals surface area contributed by atoms with Crippen LogP contribution in [-0.2, 0) is 21.4 Å². The zero-order chi connectivity index (χ0) is 18.0. The van der Waals surface area contributed by atoms with Crippen LogP contribution in [0.2, 0.25) is 0 Å². The van der Waals surface area contributed by atoms with Gasteiger partial charge in [-0.2, -0.15) is 4.31 Å². The van der Waals surface area contributed by atoms with E-state index in [9.17, 15) is 17.6 Å². The molecule has 3 rings (SSSR count). The van der Waals surface area contributed by atoms with Gasteiger partial charge in [0.25, 0.3) is 0 Å². The SMILES string of the molecule is O=C(O)CN(Cc1ccc(F)cc1)S(=O)(=O)C1CC1c1ccccc1. The monoisotopic (exact) mass is 363 g/mol. The van der Waals surface area contributed by atoms with Crippen molar-refractivity contribution in [2.45, 2.75) is 24.1 Å². The van der Waals surface area contributed by atoms with Crippen molar-refractivity contribution >= 4 is 16.0 Å². The fourth-order valence-electron chi connectivity index (χ4n) is 2.92. The molecule has 0 bridgehead atoms. The van der Waals surface area contributed by atoms with Crippen LogP contribution in [0.4, 0.5) is 4.39 Å². The Bertz CT molecular complexity index is 852. The van der Waals surface area contributed by atoms with Gasteiger partial charge < -0.3 is 5.11 Å². The van der Waals surface area contributed by atoms with Crippen molar-refractivity contribution in [2.75, 3.05) is 6.54 Å². The summed E-state index contributed by atoms with van der Waals surface area (Å²) in [7, 11) is -3.77. The molecule has 1 saturated carbocycles. The lowest BCUT2D eigenvalue weighted by molar-refractivity contribution is -0.137. The molecule has 2 aromatic rings. The molecule has 25 heavy (non-hydrogen) atoms. The number of nitrogens with zero attached hydrogens (tertiary/aromatic N) is 1. The highest BCUT2D eigenvalue weighted by molar-refractivity contribution is 7.90. The number of rotatable bonds is 7. The van der Waals surface area contributed by atoms with E-state index in [0.29, 0.717) is 12.0 Å². The Morgan fingerprint density at radius 2 is 1.76 bits per heavy atom. The molecule has 0 radical (unpaired) electrons. The molecular formula is C18H18FNO4S. The maximum atomic E-state index is 13.0. The molecule has 5 nitrogen and oxygen atoms in total. The molecule has 1 aliphatic carbocycles. The Balaban J connectivity index is 1.80. The molecule has 1 fully saturated rings. The van der Waals surface area contributed by atoms with E-state index in [4.69, 9.17) is 5.11 Å². The number of carboxylic acid groups (broad SMARTS) is 1. The van der Waals surface area contributed by atoms with E-state index in [1.807, 2.05) is 30.3 Å². The van der Waals surface area contributed by atoms with Gasteiger partial charge in [0, 0.05) is 12.5 Å². The van der Waals surface area contributed by atoms with Crippen LogP contribution in [0.25, 0.3) is 0 Å². The van der Waals surface area contributed by atoms with E-state index in [1.165, 1.54) is 24.3 Å². The van der Waals surface area contributed by atoms with E-state index in [0.717, 1.165) is 9.87 Å². The van der Waals surface area contributed by atoms with Crippen LogP contribution in [0, 0.1) is 5.82 Å². The van der Waals surface area contributed by atoms with Crippen LogP contribution in [0.15, 0.2) is 54.6 Å². The number of aliphatic carboxylic acids is 1. The highest BCUT2D eigenvalue weighted by Crippen LogP contribution is 2.47. The molecule has 0 aromatic heterocycles. The van der Waals surface area contributed by atoms with Crippen LogP contribution in [0.3, 0.4) is 0 Å².